The highest BCUT2D eigenvalue weighted by molar-refractivity contribution is 6.29. The van der Waals surface area contributed by atoms with E-state index in [-0.39, 0.29) is 34.7 Å². The molecule has 10 heteroatoms. The number of ether oxygens (including phenoxy) is 2. The lowest BCUT2D eigenvalue weighted by Crippen LogP contribution is -2.22. The van der Waals surface area contributed by atoms with Crippen LogP contribution < -0.4 is 5.32 Å². The molecule has 3 atom stereocenters. The monoisotopic (exact) mass is 550 g/mol. The molecule has 1 fully saturated rings. The van der Waals surface area contributed by atoms with E-state index in [2.05, 4.69) is 10.3 Å². The number of cyclic esters (lactones) is 1. The second-order valence-electron chi connectivity index (χ2n) is 9.85. The van der Waals surface area contributed by atoms with Gasteiger partial charge in [0.1, 0.15) is 11.1 Å². The highest BCUT2D eigenvalue weighted by atomic mass is 35.5. The van der Waals surface area contributed by atoms with E-state index in [0.29, 0.717) is 35.7 Å². The summed E-state index contributed by atoms with van der Waals surface area (Å²) in [5, 5.41) is 3.44. The van der Waals surface area contributed by atoms with Crippen LogP contribution in [-0.2, 0) is 20.7 Å². The summed E-state index contributed by atoms with van der Waals surface area (Å²) in [6.45, 7) is 4.14. The summed E-state index contributed by atoms with van der Waals surface area (Å²) in [7, 11) is 4.71. The number of hydrogen-bond acceptors (Lipinski definition) is 8. The summed E-state index contributed by atoms with van der Waals surface area (Å²) in [6.07, 6.45) is 0.602. The number of benzene rings is 1. The molecule has 1 aliphatic heterocycles. The Labute approximate surface area is 232 Å². The number of rotatable bonds is 8. The minimum atomic E-state index is -0.610. The van der Waals surface area contributed by atoms with Crippen molar-refractivity contribution in [2.45, 2.75) is 32.2 Å². The standard InChI is InChI=1S/C29H31ClN4O5/c1-16-12-22(17(2)31-21-10-11-24(30)33-26(21)29(37)38-5)32-23(13-16)25-20(15-39-28(25)36)14-18-6-8-19(9-7-18)27(35)34(3)4/h6-13,17,20,25,31H,14-15H2,1-5H3/t17-,20?,25+/m1/s1. The summed E-state index contributed by atoms with van der Waals surface area (Å²) in [5.74, 6) is -1.61. The van der Waals surface area contributed by atoms with E-state index in [0.717, 1.165) is 11.1 Å². The first kappa shape index (κ1) is 28.0. The van der Waals surface area contributed by atoms with Crippen LogP contribution in [0.3, 0.4) is 0 Å². The van der Waals surface area contributed by atoms with Crippen LogP contribution in [-0.4, -0.2) is 60.5 Å². The summed E-state index contributed by atoms with van der Waals surface area (Å²) in [4.78, 5) is 47.8. The third-order valence-corrected chi connectivity index (χ3v) is 6.86. The smallest absolute Gasteiger partial charge is 0.358 e. The predicted octanol–water partition coefficient (Wildman–Crippen LogP) is 4.60. The quantitative estimate of drug-likeness (QED) is 0.320. The third kappa shape index (κ3) is 6.37. The van der Waals surface area contributed by atoms with E-state index in [1.165, 1.54) is 12.0 Å². The molecular formula is C29H31ClN4O5. The summed E-state index contributed by atoms with van der Waals surface area (Å²) in [5.41, 5.74) is 4.41. The Morgan fingerprint density at radius 2 is 1.87 bits per heavy atom. The highest BCUT2D eigenvalue weighted by Gasteiger charge is 2.39. The normalized spacial score (nSPS) is 17.3. The number of nitrogens with zero attached hydrogens (tertiary/aromatic N) is 3. The minimum absolute atomic E-state index is 0.0638. The summed E-state index contributed by atoms with van der Waals surface area (Å²) < 4.78 is 10.3. The number of carbonyl (C=O) groups is 3. The fourth-order valence-electron chi connectivity index (χ4n) is 4.67. The molecule has 39 heavy (non-hydrogen) atoms. The van der Waals surface area contributed by atoms with Crippen LogP contribution in [0.25, 0.3) is 0 Å². The molecular weight excluding hydrogens is 520 g/mol. The second-order valence-corrected chi connectivity index (χ2v) is 10.2. The first-order valence-electron chi connectivity index (χ1n) is 12.5. The Morgan fingerprint density at radius 3 is 2.54 bits per heavy atom. The molecule has 1 unspecified atom stereocenters. The van der Waals surface area contributed by atoms with Crippen LogP contribution in [0, 0.1) is 12.8 Å². The van der Waals surface area contributed by atoms with Gasteiger partial charge in [0.15, 0.2) is 5.69 Å². The van der Waals surface area contributed by atoms with E-state index in [1.54, 1.807) is 38.4 Å². The number of amides is 1. The molecule has 0 bridgehead atoms. The fourth-order valence-corrected chi connectivity index (χ4v) is 4.81. The van der Waals surface area contributed by atoms with Crippen molar-refractivity contribution in [1.82, 2.24) is 14.9 Å². The molecule has 0 aliphatic carbocycles. The molecule has 3 heterocycles. The van der Waals surface area contributed by atoms with Crippen LogP contribution in [0.4, 0.5) is 5.69 Å². The molecule has 2 aromatic heterocycles. The Hall–Kier alpha value is -3.98. The van der Waals surface area contributed by atoms with E-state index in [9.17, 15) is 14.4 Å². The Kier molecular flexibility index (Phi) is 8.50. The molecule has 0 radical (unpaired) electrons. The lowest BCUT2D eigenvalue weighted by atomic mass is 9.86. The molecule has 1 aromatic carbocycles. The first-order chi connectivity index (χ1) is 18.6. The molecule has 0 spiro atoms. The van der Waals surface area contributed by atoms with Gasteiger partial charge < -0.3 is 19.7 Å². The van der Waals surface area contributed by atoms with Gasteiger partial charge in [-0.05, 0) is 67.8 Å². The van der Waals surface area contributed by atoms with E-state index < -0.39 is 11.9 Å². The highest BCUT2D eigenvalue weighted by Crippen LogP contribution is 2.35. The molecule has 1 amide bonds. The number of aryl methyl sites for hydroxylation is 1. The van der Waals surface area contributed by atoms with Crippen molar-refractivity contribution < 1.29 is 23.9 Å². The zero-order chi connectivity index (χ0) is 28.3. The van der Waals surface area contributed by atoms with Crippen LogP contribution in [0.5, 0.6) is 0 Å². The van der Waals surface area contributed by atoms with Crippen LogP contribution in [0.2, 0.25) is 5.15 Å². The molecule has 1 N–H and O–H groups in total. The van der Waals surface area contributed by atoms with Crippen molar-refractivity contribution in [3.63, 3.8) is 0 Å². The van der Waals surface area contributed by atoms with Crippen LogP contribution in [0.15, 0.2) is 48.5 Å². The number of hydrogen-bond donors (Lipinski definition) is 1. The van der Waals surface area contributed by atoms with Crippen molar-refractivity contribution in [2.24, 2.45) is 5.92 Å². The Balaban J connectivity index is 1.57. The molecule has 4 rings (SSSR count). The average Bonchev–Trinajstić information content (AvgIpc) is 3.28. The van der Waals surface area contributed by atoms with Crippen molar-refractivity contribution >= 4 is 35.1 Å². The second kappa shape index (κ2) is 11.8. The lowest BCUT2D eigenvalue weighted by Gasteiger charge is -2.20. The van der Waals surface area contributed by atoms with Crippen molar-refractivity contribution in [3.05, 3.63) is 87.5 Å². The first-order valence-corrected chi connectivity index (χ1v) is 12.9. The number of pyridine rings is 2. The maximum atomic E-state index is 12.9. The largest absolute Gasteiger partial charge is 0.465 e. The van der Waals surface area contributed by atoms with E-state index in [1.807, 2.05) is 38.1 Å². The number of halogens is 1. The number of esters is 2. The van der Waals surface area contributed by atoms with Gasteiger partial charge in [-0.3, -0.25) is 14.6 Å². The maximum absolute atomic E-state index is 12.9. The van der Waals surface area contributed by atoms with E-state index in [4.69, 9.17) is 26.1 Å². The minimum Gasteiger partial charge on any atom is -0.465 e. The molecule has 9 nitrogen and oxygen atoms in total. The van der Waals surface area contributed by atoms with Crippen molar-refractivity contribution in [1.29, 1.82) is 0 Å². The zero-order valence-electron chi connectivity index (χ0n) is 22.5. The number of carbonyl (C=O) groups excluding carboxylic acids is 3. The van der Waals surface area contributed by atoms with Gasteiger partial charge in [-0.25, -0.2) is 9.78 Å². The van der Waals surface area contributed by atoms with Gasteiger partial charge in [0.25, 0.3) is 5.91 Å². The Bertz CT molecular complexity index is 1390. The number of aromatic nitrogens is 2. The fraction of sp³-hybridized carbons (Fsp3) is 0.345. The topological polar surface area (TPSA) is 111 Å². The lowest BCUT2D eigenvalue weighted by molar-refractivity contribution is -0.139. The molecule has 0 saturated carbocycles. The number of anilines is 1. The van der Waals surface area contributed by atoms with E-state index >= 15 is 0 Å². The zero-order valence-corrected chi connectivity index (χ0v) is 23.3. The van der Waals surface area contributed by atoms with Gasteiger partial charge in [-0.15, -0.1) is 0 Å². The molecule has 1 aliphatic rings. The van der Waals surface area contributed by atoms with Crippen molar-refractivity contribution in [3.8, 4) is 0 Å². The number of methoxy groups -OCH3 is 1. The van der Waals surface area contributed by atoms with Gasteiger partial charge in [0.05, 0.1) is 36.8 Å². The van der Waals surface area contributed by atoms with Gasteiger partial charge in [0, 0.05) is 25.6 Å². The number of nitrogens with one attached hydrogen (secondary N) is 1. The van der Waals surface area contributed by atoms with Gasteiger partial charge >= 0.3 is 11.9 Å². The van der Waals surface area contributed by atoms with Crippen LogP contribution in [0.1, 0.15) is 62.2 Å². The van der Waals surface area contributed by atoms with Gasteiger partial charge in [0.2, 0.25) is 0 Å². The SMILES string of the molecule is COC(=O)c1nc(Cl)ccc1N[C@H](C)c1cc(C)cc([C@H]2C(=O)OCC2Cc2ccc(C(=O)N(C)C)cc2)n1. The summed E-state index contributed by atoms with van der Waals surface area (Å²) in [6, 6.07) is 14.2. The van der Waals surface area contributed by atoms with Crippen LogP contribution >= 0.6 is 11.6 Å². The molecule has 204 valence electrons. The molecule has 1 saturated heterocycles. The van der Waals surface area contributed by atoms with Crippen molar-refractivity contribution in [2.75, 3.05) is 33.1 Å². The third-order valence-electron chi connectivity index (χ3n) is 6.65. The predicted molar refractivity (Wildman–Crippen MR) is 147 cm³/mol. The average molecular weight is 551 g/mol. The van der Waals surface area contributed by atoms with Gasteiger partial charge in [-0.2, -0.15) is 0 Å². The maximum Gasteiger partial charge on any atom is 0.358 e. The Morgan fingerprint density at radius 1 is 1.15 bits per heavy atom. The molecule has 3 aromatic rings. The van der Waals surface area contributed by atoms with Gasteiger partial charge in [-0.1, -0.05) is 23.7 Å². The summed E-state index contributed by atoms with van der Waals surface area (Å²) >= 11 is 5.99.